The molecule has 0 saturated carbocycles. The Morgan fingerprint density at radius 3 is 2.15 bits per heavy atom. The zero-order valence-corrected chi connectivity index (χ0v) is 18.6. The molecule has 0 heterocycles. The summed E-state index contributed by atoms with van der Waals surface area (Å²) in [6, 6.07) is 13.4. The molecular weight excluding hydrogens is 700 g/mol. The zero-order chi connectivity index (χ0) is 14.0. The first-order valence-electron chi connectivity index (χ1n) is 5.99. The predicted molar refractivity (Wildman–Crippen MR) is 121 cm³/mol. The van der Waals surface area contributed by atoms with Gasteiger partial charge in [-0.05, 0) is 118 Å². The quantitative estimate of drug-likeness (QED) is 0.105. The van der Waals surface area contributed by atoms with Crippen molar-refractivity contribution < 1.29 is 0 Å². The molecule has 0 aliphatic heterocycles. The Balaban J connectivity index is 2.50. The third-order valence-corrected chi connectivity index (χ3v) is 9.88. The predicted octanol–water partition coefficient (Wildman–Crippen LogP) is 7.00. The van der Waals surface area contributed by atoms with Crippen molar-refractivity contribution in [1.82, 2.24) is 0 Å². The molecule has 0 atom stereocenters. The fourth-order valence-corrected chi connectivity index (χ4v) is 6.85. The molecule has 4 aromatic rings. The molecule has 4 heteroatoms. The Hall–Kier alpha value is 0.840. The number of halogens is 4. The lowest BCUT2D eigenvalue weighted by Gasteiger charge is -2.16. The van der Waals surface area contributed by atoms with Gasteiger partial charge in [-0.25, -0.2) is 0 Å². The van der Waals surface area contributed by atoms with Gasteiger partial charge in [-0.2, -0.15) is 0 Å². The van der Waals surface area contributed by atoms with E-state index in [1.165, 1.54) is 46.6 Å². The van der Waals surface area contributed by atoms with Crippen LogP contribution in [-0.4, -0.2) is 0 Å². The summed E-state index contributed by atoms with van der Waals surface area (Å²) in [4.78, 5) is 0. The van der Waals surface area contributed by atoms with Gasteiger partial charge in [0.05, 0.1) is 0 Å². The molecule has 0 amide bonds. The second-order valence-electron chi connectivity index (χ2n) is 4.74. The standard InChI is InChI=1S/C16H6I4/c17-10-6-8-3-1-2-7-4-5-9-12(11(7)8)13(10)15(19)16(20)14(9)18/h1-6H. The lowest BCUT2D eigenvalue weighted by molar-refractivity contribution is 1.61. The highest BCUT2D eigenvalue weighted by molar-refractivity contribution is 14.1. The average molecular weight is 706 g/mol. The summed E-state index contributed by atoms with van der Waals surface area (Å²) in [6.45, 7) is 0. The third-order valence-electron chi connectivity index (χ3n) is 3.69. The Labute approximate surface area is 171 Å². The summed E-state index contributed by atoms with van der Waals surface area (Å²) in [5.41, 5.74) is 0. The van der Waals surface area contributed by atoms with Crippen molar-refractivity contribution in [1.29, 1.82) is 0 Å². The molecule has 0 spiro atoms. The molecule has 0 fully saturated rings. The Kier molecular flexibility index (Phi) is 3.74. The van der Waals surface area contributed by atoms with E-state index in [1.807, 2.05) is 0 Å². The number of hydrogen-bond donors (Lipinski definition) is 0. The SMILES string of the molecule is Ic1c(I)c2ccc3cccc4cc(I)c(c1I)c2c34. The summed E-state index contributed by atoms with van der Waals surface area (Å²) < 4.78 is 5.46. The maximum absolute atomic E-state index is 2.50. The van der Waals surface area contributed by atoms with Gasteiger partial charge in [-0.1, -0.05) is 30.3 Å². The van der Waals surface area contributed by atoms with E-state index in [4.69, 9.17) is 0 Å². The lowest BCUT2D eigenvalue weighted by atomic mass is 9.94. The van der Waals surface area contributed by atoms with Gasteiger partial charge in [0.15, 0.2) is 0 Å². The van der Waals surface area contributed by atoms with E-state index in [0.29, 0.717) is 0 Å². The molecule has 0 N–H and O–H groups in total. The Bertz CT molecular complexity index is 988. The normalized spacial score (nSPS) is 12.0. The van der Waals surface area contributed by atoms with E-state index in [9.17, 15) is 0 Å². The fraction of sp³-hybridized carbons (Fsp3) is 0. The summed E-state index contributed by atoms with van der Waals surface area (Å²) in [7, 11) is 0. The van der Waals surface area contributed by atoms with Crippen molar-refractivity contribution in [2.24, 2.45) is 0 Å². The molecule has 0 aliphatic rings. The van der Waals surface area contributed by atoms with Crippen LogP contribution in [0.5, 0.6) is 0 Å². The number of benzene rings is 4. The van der Waals surface area contributed by atoms with E-state index < -0.39 is 0 Å². The third kappa shape index (κ3) is 1.92. The molecule has 20 heavy (non-hydrogen) atoms. The van der Waals surface area contributed by atoms with Gasteiger partial charge in [-0.15, -0.1) is 0 Å². The van der Waals surface area contributed by atoms with Crippen molar-refractivity contribution in [2.75, 3.05) is 0 Å². The van der Waals surface area contributed by atoms with Crippen LogP contribution in [0.25, 0.3) is 32.3 Å². The van der Waals surface area contributed by atoms with E-state index >= 15 is 0 Å². The van der Waals surface area contributed by atoms with E-state index in [2.05, 4.69) is 127 Å². The van der Waals surface area contributed by atoms with E-state index in [-0.39, 0.29) is 0 Å². The average Bonchev–Trinajstić information content (AvgIpc) is 2.44. The molecule has 0 aromatic heterocycles. The van der Waals surface area contributed by atoms with Crippen LogP contribution in [0.15, 0.2) is 36.4 Å². The largest absolute Gasteiger partial charge is 0.0610 e. The first-order chi connectivity index (χ1) is 9.59. The first-order valence-corrected chi connectivity index (χ1v) is 10.3. The van der Waals surface area contributed by atoms with Crippen LogP contribution in [0.4, 0.5) is 0 Å². The van der Waals surface area contributed by atoms with Crippen LogP contribution < -0.4 is 0 Å². The Morgan fingerprint density at radius 1 is 0.600 bits per heavy atom. The number of rotatable bonds is 0. The van der Waals surface area contributed by atoms with Crippen molar-refractivity contribution in [2.45, 2.75) is 0 Å². The van der Waals surface area contributed by atoms with Crippen LogP contribution in [-0.2, 0) is 0 Å². The molecule has 0 saturated heterocycles. The van der Waals surface area contributed by atoms with Crippen LogP contribution >= 0.6 is 90.4 Å². The van der Waals surface area contributed by atoms with Gasteiger partial charge in [0.25, 0.3) is 0 Å². The van der Waals surface area contributed by atoms with E-state index in [1.54, 1.807) is 0 Å². The smallest absolute Gasteiger partial charge is 0.0410 e. The molecular formula is C16H6I4. The highest BCUT2D eigenvalue weighted by atomic mass is 127. The van der Waals surface area contributed by atoms with Crippen molar-refractivity contribution >= 4 is 123 Å². The van der Waals surface area contributed by atoms with Crippen molar-refractivity contribution in [3.8, 4) is 0 Å². The fourth-order valence-electron chi connectivity index (χ4n) is 2.84. The molecule has 0 bridgehead atoms. The first kappa shape index (κ1) is 14.4. The lowest BCUT2D eigenvalue weighted by Crippen LogP contribution is -1.95. The summed E-state index contributed by atoms with van der Waals surface area (Å²) in [5, 5.41) is 8.32. The van der Waals surface area contributed by atoms with Gasteiger partial charge in [0, 0.05) is 25.1 Å². The van der Waals surface area contributed by atoms with Crippen LogP contribution in [0, 0.1) is 14.3 Å². The molecule has 4 aromatic carbocycles. The molecule has 0 nitrogen and oxygen atoms in total. The maximum Gasteiger partial charge on any atom is 0.0410 e. The summed E-state index contributed by atoms with van der Waals surface area (Å²) >= 11 is 9.94. The number of hydrogen-bond acceptors (Lipinski definition) is 0. The monoisotopic (exact) mass is 706 g/mol. The molecule has 4 rings (SSSR count). The van der Waals surface area contributed by atoms with Crippen LogP contribution in [0.2, 0.25) is 0 Å². The Morgan fingerprint density at radius 2 is 1.35 bits per heavy atom. The van der Waals surface area contributed by atoms with Crippen molar-refractivity contribution in [3.05, 3.63) is 50.7 Å². The topological polar surface area (TPSA) is 0 Å². The van der Waals surface area contributed by atoms with E-state index in [0.717, 1.165) is 0 Å². The minimum absolute atomic E-state index is 1.34. The van der Waals surface area contributed by atoms with Crippen LogP contribution in [0.3, 0.4) is 0 Å². The van der Waals surface area contributed by atoms with Gasteiger partial charge in [-0.3, -0.25) is 0 Å². The molecule has 0 radical (unpaired) electrons. The van der Waals surface area contributed by atoms with Gasteiger partial charge in [0.1, 0.15) is 0 Å². The van der Waals surface area contributed by atoms with Crippen LogP contribution in [0.1, 0.15) is 0 Å². The second kappa shape index (κ2) is 5.19. The van der Waals surface area contributed by atoms with Crippen molar-refractivity contribution in [3.63, 3.8) is 0 Å². The summed E-state index contributed by atoms with van der Waals surface area (Å²) in [6.07, 6.45) is 0. The minimum Gasteiger partial charge on any atom is -0.0610 e. The second-order valence-corrected chi connectivity index (χ2v) is 9.14. The highest BCUT2D eigenvalue weighted by Crippen LogP contribution is 2.42. The molecule has 98 valence electrons. The zero-order valence-electron chi connectivity index (χ0n) is 9.98. The highest BCUT2D eigenvalue weighted by Gasteiger charge is 2.18. The minimum atomic E-state index is 1.34. The van der Waals surface area contributed by atoms with Gasteiger partial charge >= 0.3 is 0 Å². The maximum atomic E-state index is 2.50. The molecule has 0 aliphatic carbocycles. The molecule has 0 unspecified atom stereocenters. The van der Waals surface area contributed by atoms with Gasteiger partial charge < -0.3 is 0 Å². The summed E-state index contributed by atoms with van der Waals surface area (Å²) in [5.74, 6) is 0. The van der Waals surface area contributed by atoms with Gasteiger partial charge in [0.2, 0.25) is 0 Å².